The van der Waals surface area contributed by atoms with Gasteiger partial charge in [-0.25, -0.2) is 4.68 Å². The third-order valence-corrected chi connectivity index (χ3v) is 3.49. The molecule has 0 bridgehead atoms. The van der Waals surface area contributed by atoms with E-state index in [0.29, 0.717) is 21.5 Å². The van der Waals surface area contributed by atoms with Gasteiger partial charge in [-0.15, -0.1) is 0 Å². The summed E-state index contributed by atoms with van der Waals surface area (Å²) in [6.45, 7) is 0. The van der Waals surface area contributed by atoms with Crippen LogP contribution in [-0.2, 0) is 7.05 Å². The first-order valence-electron chi connectivity index (χ1n) is 6.59. The van der Waals surface area contributed by atoms with Crippen LogP contribution in [0.3, 0.4) is 0 Å². The molecule has 0 fully saturated rings. The van der Waals surface area contributed by atoms with E-state index in [1.54, 1.807) is 48.5 Å². The molecule has 5 nitrogen and oxygen atoms in total. The molecule has 0 saturated carbocycles. The molecule has 0 aliphatic carbocycles. The predicted molar refractivity (Wildman–Crippen MR) is 86.4 cm³/mol. The number of carbonyl (C=O) groups is 1. The van der Waals surface area contributed by atoms with Crippen molar-refractivity contribution in [1.29, 1.82) is 0 Å². The maximum Gasteiger partial charge on any atom is 0.276 e. The zero-order valence-electron chi connectivity index (χ0n) is 11.7. The number of halogens is 1. The highest BCUT2D eigenvalue weighted by Gasteiger charge is 2.15. The Hall–Kier alpha value is -2.66. The Morgan fingerprint density at radius 1 is 1.14 bits per heavy atom. The van der Waals surface area contributed by atoms with E-state index in [9.17, 15) is 9.59 Å². The van der Waals surface area contributed by atoms with Gasteiger partial charge in [-0.3, -0.25) is 9.59 Å². The Morgan fingerprint density at radius 2 is 1.86 bits per heavy atom. The van der Waals surface area contributed by atoms with Gasteiger partial charge < -0.3 is 5.32 Å². The number of nitrogens with one attached hydrogen (secondary N) is 1. The minimum Gasteiger partial charge on any atom is -0.321 e. The number of fused-ring (bicyclic) bond motifs is 1. The highest BCUT2D eigenvalue weighted by atomic mass is 35.5. The van der Waals surface area contributed by atoms with Crippen LogP contribution in [0.15, 0.2) is 53.3 Å². The van der Waals surface area contributed by atoms with Gasteiger partial charge in [-0.05, 0) is 24.3 Å². The predicted octanol–water partition coefficient (Wildman–Crippen LogP) is 2.84. The molecule has 1 heterocycles. The van der Waals surface area contributed by atoms with Gasteiger partial charge in [0.05, 0.1) is 5.39 Å². The number of aryl methyl sites for hydroxylation is 1. The molecule has 0 aliphatic heterocycles. The van der Waals surface area contributed by atoms with Crippen molar-refractivity contribution in [2.75, 3.05) is 5.32 Å². The van der Waals surface area contributed by atoms with Crippen LogP contribution in [0, 0.1) is 0 Å². The molecule has 1 N–H and O–H groups in total. The fraction of sp³-hybridized carbons (Fsp3) is 0.0625. The number of carbonyl (C=O) groups excluding carboxylic acids is 1. The summed E-state index contributed by atoms with van der Waals surface area (Å²) in [5.74, 6) is -0.394. The van der Waals surface area contributed by atoms with Gasteiger partial charge in [0.15, 0.2) is 5.69 Å². The smallest absolute Gasteiger partial charge is 0.276 e. The number of benzene rings is 2. The summed E-state index contributed by atoms with van der Waals surface area (Å²) in [4.78, 5) is 24.5. The Balaban J connectivity index is 2.08. The van der Waals surface area contributed by atoms with E-state index in [1.807, 2.05) is 0 Å². The molecule has 2 aromatic carbocycles. The van der Waals surface area contributed by atoms with Crippen molar-refractivity contribution in [1.82, 2.24) is 9.78 Å². The van der Waals surface area contributed by atoms with Crippen LogP contribution < -0.4 is 10.9 Å². The molecule has 110 valence electrons. The molecule has 6 heteroatoms. The molecule has 22 heavy (non-hydrogen) atoms. The molecule has 1 amide bonds. The monoisotopic (exact) mass is 313 g/mol. The normalized spacial score (nSPS) is 10.6. The molecule has 0 radical (unpaired) electrons. The quantitative estimate of drug-likeness (QED) is 0.791. The standard InChI is InChI=1S/C16H12ClN3O2/c1-20-16(22)13-8-3-2-7-12(13)14(19-20)15(21)18-11-6-4-5-10(17)9-11/h2-9H,1H3,(H,18,21). The summed E-state index contributed by atoms with van der Waals surface area (Å²) in [7, 11) is 1.52. The Labute approximate surface area is 131 Å². The van der Waals surface area contributed by atoms with Crippen LogP contribution >= 0.6 is 11.6 Å². The molecule has 0 unspecified atom stereocenters. The molecule has 0 spiro atoms. The van der Waals surface area contributed by atoms with Crippen LogP contribution in [0.4, 0.5) is 5.69 Å². The van der Waals surface area contributed by atoms with Crippen molar-refractivity contribution in [3.8, 4) is 0 Å². The molecule has 0 aliphatic rings. The van der Waals surface area contributed by atoms with Gasteiger partial charge in [0, 0.05) is 23.1 Å². The maximum absolute atomic E-state index is 12.5. The number of nitrogens with zero attached hydrogens (tertiary/aromatic N) is 2. The van der Waals surface area contributed by atoms with Gasteiger partial charge in [-0.1, -0.05) is 35.9 Å². The second-order valence-electron chi connectivity index (χ2n) is 4.79. The van der Waals surface area contributed by atoms with Crippen molar-refractivity contribution in [2.45, 2.75) is 0 Å². The van der Waals surface area contributed by atoms with Crippen LogP contribution in [0.5, 0.6) is 0 Å². The number of aromatic nitrogens is 2. The fourth-order valence-corrected chi connectivity index (χ4v) is 2.41. The van der Waals surface area contributed by atoms with E-state index in [2.05, 4.69) is 10.4 Å². The lowest BCUT2D eigenvalue weighted by atomic mass is 10.1. The summed E-state index contributed by atoms with van der Waals surface area (Å²) in [5.41, 5.74) is 0.518. The Kier molecular flexibility index (Phi) is 3.65. The molecule has 0 saturated heterocycles. The second kappa shape index (κ2) is 5.61. The minimum absolute atomic E-state index is 0.192. The van der Waals surface area contributed by atoms with Crippen LogP contribution in [0.25, 0.3) is 10.8 Å². The van der Waals surface area contributed by atoms with Crippen LogP contribution in [0.1, 0.15) is 10.5 Å². The van der Waals surface area contributed by atoms with Crippen molar-refractivity contribution in [2.24, 2.45) is 7.05 Å². The van der Waals surface area contributed by atoms with Crippen LogP contribution in [0.2, 0.25) is 5.02 Å². The Bertz CT molecular complexity index is 934. The lowest BCUT2D eigenvalue weighted by Crippen LogP contribution is -2.25. The largest absolute Gasteiger partial charge is 0.321 e. The number of hydrogen-bond donors (Lipinski definition) is 1. The third kappa shape index (κ3) is 2.58. The molecule has 0 atom stereocenters. The first kappa shape index (κ1) is 14.3. The van der Waals surface area contributed by atoms with Crippen molar-refractivity contribution >= 4 is 34.0 Å². The summed E-state index contributed by atoms with van der Waals surface area (Å²) in [6, 6.07) is 13.7. The SMILES string of the molecule is Cn1nc(C(=O)Nc2cccc(Cl)c2)c2ccccc2c1=O. The van der Waals surface area contributed by atoms with Gasteiger partial charge in [0.25, 0.3) is 11.5 Å². The number of hydrogen-bond acceptors (Lipinski definition) is 3. The zero-order valence-corrected chi connectivity index (χ0v) is 12.5. The summed E-state index contributed by atoms with van der Waals surface area (Å²) in [6.07, 6.45) is 0. The minimum atomic E-state index is -0.394. The average Bonchev–Trinajstić information content (AvgIpc) is 2.51. The second-order valence-corrected chi connectivity index (χ2v) is 5.22. The van der Waals surface area contributed by atoms with E-state index in [0.717, 1.165) is 4.68 Å². The van der Waals surface area contributed by atoms with Crippen molar-refractivity contribution in [3.05, 3.63) is 69.6 Å². The number of amides is 1. The number of rotatable bonds is 2. The van der Waals surface area contributed by atoms with E-state index in [1.165, 1.54) is 7.05 Å². The summed E-state index contributed by atoms with van der Waals surface area (Å²) < 4.78 is 1.16. The lowest BCUT2D eigenvalue weighted by molar-refractivity contribution is 0.102. The zero-order chi connectivity index (χ0) is 15.7. The van der Waals surface area contributed by atoms with Gasteiger partial charge in [0.2, 0.25) is 0 Å². The van der Waals surface area contributed by atoms with E-state index >= 15 is 0 Å². The lowest BCUT2D eigenvalue weighted by Gasteiger charge is -2.09. The van der Waals surface area contributed by atoms with E-state index in [4.69, 9.17) is 11.6 Å². The van der Waals surface area contributed by atoms with Crippen molar-refractivity contribution < 1.29 is 4.79 Å². The average molecular weight is 314 g/mol. The first-order chi connectivity index (χ1) is 10.6. The highest BCUT2D eigenvalue weighted by Crippen LogP contribution is 2.18. The molecule has 1 aromatic heterocycles. The van der Waals surface area contributed by atoms with Gasteiger partial charge in [-0.2, -0.15) is 5.10 Å². The molecular formula is C16H12ClN3O2. The third-order valence-electron chi connectivity index (χ3n) is 3.25. The van der Waals surface area contributed by atoms with Crippen LogP contribution in [-0.4, -0.2) is 15.7 Å². The first-order valence-corrected chi connectivity index (χ1v) is 6.97. The topological polar surface area (TPSA) is 64.0 Å². The maximum atomic E-state index is 12.5. The fourth-order valence-electron chi connectivity index (χ4n) is 2.22. The van der Waals surface area contributed by atoms with Gasteiger partial charge >= 0.3 is 0 Å². The molecular weight excluding hydrogens is 302 g/mol. The Morgan fingerprint density at radius 3 is 2.59 bits per heavy atom. The highest BCUT2D eigenvalue weighted by molar-refractivity contribution is 6.31. The molecule has 3 rings (SSSR count). The molecule has 3 aromatic rings. The van der Waals surface area contributed by atoms with Gasteiger partial charge in [0.1, 0.15) is 0 Å². The summed E-state index contributed by atoms with van der Waals surface area (Å²) in [5, 5.41) is 8.31. The van der Waals surface area contributed by atoms with Crippen molar-refractivity contribution in [3.63, 3.8) is 0 Å². The van der Waals surface area contributed by atoms with E-state index < -0.39 is 5.91 Å². The van der Waals surface area contributed by atoms with E-state index in [-0.39, 0.29) is 11.3 Å². The number of anilines is 1. The summed E-state index contributed by atoms with van der Waals surface area (Å²) >= 11 is 5.90.